The van der Waals surface area contributed by atoms with Crippen LogP contribution in [0.25, 0.3) is 6.08 Å². The SMILES string of the molecule is CCOc1cc(/C=C2\SC(=O)N(CCOc3ccc(Cl)cc3)C2=O)cc(I)c1OCc1ccc([N+](=O)[O-])cc1. The molecule has 0 aliphatic carbocycles. The van der Waals surface area contributed by atoms with Gasteiger partial charge in [0.25, 0.3) is 16.8 Å². The van der Waals surface area contributed by atoms with Crippen LogP contribution in [0, 0.1) is 13.7 Å². The van der Waals surface area contributed by atoms with Gasteiger partial charge in [-0.2, -0.15) is 0 Å². The molecule has 12 heteroatoms. The van der Waals surface area contributed by atoms with E-state index < -0.39 is 10.8 Å². The molecule has 0 atom stereocenters. The highest BCUT2D eigenvalue weighted by molar-refractivity contribution is 14.1. The number of halogens is 2. The van der Waals surface area contributed by atoms with E-state index in [4.69, 9.17) is 25.8 Å². The van der Waals surface area contributed by atoms with Crippen LogP contribution in [-0.2, 0) is 11.4 Å². The van der Waals surface area contributed by atoms with E-state index in [9.17, 15) is 19.7 Å². The second kappa shape index (κ2) is 13.2. The molecular weight excluding hydrogens is 659 g/mol. The number of carbonyl (C=O) groups is 2. The lowest BCUT2D eigenvalue weighted by molar-refractivity contribution is -0.384. The van der Waals surface area contributed by atoms with Gasteiger partial charge in [0.2, 0.25) is 0 Å². The van der Waals surface area contributed by atoms with Crippen LogP contribution in [0.5, 0.6) is 17.2 Å². The monoisotopic (exact) mass is 680 g/mol. The number of thioether (sulfide) groups is 1. The van der Waals surface area contributed by atoms with E-state index in [0.29, 0.717) is 39.3 Å². The van der Waals surface area contributed by atoms with E-state index in [1.807, 2.05) is 13.0 Å². The zero-order valence-corrected chi connectivity index (χ0v) is 24.3. The van der Waals surface area contributed by atoms with E-state index in [-0.39, 0.29) is 30.7 Å². The van der Waals surface area contributed by atoms with Crippen molar-refractivity contribution in [2.24, 2.45) is 0 Å². The van der Waals surface area contributed by atoms with Crippen molar-refractivity contribution in [1.82, 2.24) is 4.90 Å². The zero-order valence-electron chi connectivity index (χ0n) is 20.6. The maximum Gasteiger partial charge on any atom is 0.293 e. The highest BCUT2D eigenvalue weighted by atomic mass is 127. The van der Waals surface area contributed by atoms with Gasteiger partial charge >= 0.3 is 0 Å². The van der Waals surface area contributed by atoms with Gasteiger partial charge < -0.3 is 14.2 Å². The molecule has 1 fully saturated rings. The minimum absolute atomic E-state index is 0.00573. The first-order chi connectivity index (χ1) is 18.7. The topological polar surface area (TPSA) is 108 Å². The van der Waals surface area contributed by atoms with Crippen molar-refractivity contribution in [3.8, 4) is 17.2 Å². The van der Waals surface area contributed by atoms with Gasteiger partial charge in [-0.1, -0.05) is 11.6 Å². The fourth-order valence-corrected chi connectivity index (χ4v) is 5.35. The quantitative estimate of drug-likeness (QED) is 0.0928. The van der Waals surface area contributed by atoms with Crippen LogP contribution in [0.15, 0.2) is 65.6 Å². The summed E-state index contributed by atoms with van der Waals surface area (Å²) in [6.07, 6.45) is 1.65. The largest absolute Gasteiger partial charge is 0.492 e. The summed E-state index contributed by atoms with van der Waals surface area (Å²) < 4.78 is 18.1. The third-order valence-electron chi connectivity index (χ3n) is 5.43. The van der Waals surface area contributed by atoms with E-state index in [1.54, 1.807) is 48.5 Å². The molecule has 0 N–H and O–H groups in total. The summed E-state index contributed by atoms with van der Waals surface area (Å²) in [5, 5.41) is 11.1. The van der Waals surface area contributed by atoms with Crippen molar-refractivity contribution >= 4 is 68.9 Å². The molecule has 1 heterocycles. The first kappa shape index (κ1) is 28.7. The number of carbonyl (C=O) groups excluding carboxylic acids is 2. The Morgan fingerprint density at radius 3 is 2.44 bits per heavy atom. The van der Waals surface area contributed by atoms with Crippen LogP contribution in [0.2, 0.25) is 5.02 Å². The van der Waals surface area contributed by atoms with Crippen LogP contribution in [0.4, 0.5) is 10.5 Å². The average molecular weight is 681 g/mol. The molecule has 0 spiro atoms. The normalized spacial score (nSPS) is 14.1. The fourth-order valence-electron chi connectivity index (χ4n) is 3.57. The average Bonchev–Trinajstić information content (AvgIpc) is 3.17. The van der Waals surface area contributed by atoms with Gasteiger partial charge in [0, 0.05) is 17.2 Å². The lowest BCUT2D eigenvalue weighted by Gasteiger charge is -2.15. The summed E-state index contributed by atoms with van der Waals surface area (Å²) in [5.74, 6) is 1.19. The number of benzene rings is 3. The minimum Gasteiger partial charge on any atom is -0.492 e. The summed E-state index contributed by atoms with van der Waals surface area (Å²) in [6, 6.07) is 16.5. The Balaban J connectivity index is 1.44. The fraction of sp³-hybridized carbons (Fsp3) is 0.185. The summed E-state index contributed by atoms with van der Waals surface area (Å²) in [7, 11) is 0. The van der Waals surface area contributed by atoms with Crippen LogP contribution in [-0.4, -0.2) is 40.7 Å². The molecule has 202 valence electrons. The van der Waals surface area contributed by atoms with Crippen molar-refractivity contribution in [2.45, 2.75) is 13.5 Å². The maximum atomic E-state index is 12.9. The molecule has 9 nitrogen and oxygen atoms in total. The first-order valence-corrected chi connectivity index (χ1v) is 14.0. The molecular formula is C27H22ClIN2O7S. The zero-order chi connectivity index (χ0) is 27.9. The smallest absolute Gasteiger partial charge is 0.293 e. The number of amides is 2. The molecule has 0 saturated carbocycles. The lowest BCUT2D eigenvalue weighted by Crippen LogP contribution is -2.32. The van der Waals surface area contributed by atoms with Crippen LogP contribution in [0.1, 0.15) is 18.1 Å². The van der Waals surface area contributed by atoms with Crippen LogP contribution in [0.3, 0.4) is 0 Å². The molecule has 0 radical (unpaired) electrons. The second-order valence-corrected chi connectivity index (χ2v) is 10.7. The molecule has 2 amide bonds. The molecule has 3 aromatic rings. The van der Waals surface area contributed by atoms with E-state index in [2.05, 4.69) is 22.6 Å². The molecule has 1 aliphatic heterocycles. The maximum absolute atomic E-state index is 12.9. The number of hydrogen-bond acceptors (Lipinski definition) is 8. The molecule has 4 rings (SSSR count). The number of ether oxygens (including phenoxy) is 3. The number of nitro groups is 1. The summed E-state index contributed by atoms with van der Waals surface area (Å²) >= 11 is 8.86. The predicted octanol–water partition coefficient (Wildman–Crippen LogP) is 6.95. The van der Waals surface area contributed by atoms with E-state index >= 15 is 0 Å². The van der Waals surface area contributed by atoms with E-state index in [0.717, 1.165) is 25.8 Å². The van der Waals surface area contributed by atoms with Gasteiger partial charge in [-0.3, -0.25) is 24.6 Å². The van der Waals surface area contributed by atoms with Crippen molar-refractivity contribution in [1.29, 1.82) is 0 Å². The Morgan fingerprint density at radius 2 is 1.77 bits per heavy atom. The van der Waals surface area contributed by atoms with Gasteiger partial charge in [0.15, 0.2) is 11.5 Å². The number of nitrogens with zero attached hydrogens (tertiary/aromatic N) is 2. The number of rotatable bonds is 11. The molecule has 1 aliphatic rings. The highest BCUT2D eigenvalue weighted by Gasteiger charge is 2.35. The van der Waals surface area contributed by atoms with Crippen molar-refractivity contribution in [3.63, 3.8) is 0 Å². The van der Waals surface area contributed by atoms with Crippen molar-refractivity contribution < 1.29 is 28.7 Å². The Morgan fingerprint density at radius 1 is 1.05 bits per heavy atom. The Hall–Kier alpha value is -3.29. The second-order valence-electron chi connectivity index (χ2n) is 8.11. The molecule has 0 aromatic heterocycles. The van der Waals surface area contributed by atoms with Crippen molar-refractivity contribution in [3.05, 3.63) is 95.4 Å². The number of nitro benzene ring substituents is 1. The Bertz CT molecular complexity index is 1410. The Kier molecular flexibility index (Phi) is 9.70. The third kappa shape index (κ3) is 7.43. The number of hydrogen-bond donors (Lipinski definition) is 0. The molecule has 3 aromatic carbocycles. The standard InChI is InChI=1S/C27H22ClIN2O7S/c1-2-36-23-14-18(13-22(29)25(23)38-16-17-3-7-20(8-4-17)31(34)35)15-24-26(32)30(27(33)39-24)11-12-37-21-9-5-19(28)6-10-21/h3-10,13-15H,2,11-12,16H2,1H3/b24-15-. The minimum atomic E-state index is -0.455. The van der Waals surface area contributed by atoms with Crippen LogP contribution >= 0.6 is 46.0 Å². The van der Waals surface area contributed by atoms with Gasteiger partial charge in [-0.25, -0.2) is 0 Å². The number of non-ortho nitro benzene ring substituents is 1. The van der Waals surface area contributed by atoms with E-state index in [1.165, 1.54) is 12.1 Å². The van der Waals surface area contributed by atoms with Gasteiger partial charge in [0.05, 0.1) is 26.6 Å². The summed E-state index contributed by atoms with van der Waals surface area (Å²) in [5.41, 5.74) is 1.44. The van der Waals surface area contributed by atoms with Gasteiger partial charge in [-0.15, -0.1) is 0 Å². The number of imide groups is 1. The lowest BCUT2D eigenvalue weighted by atomic mass is 10.1. The molecule has 0 unspecified atom stereocenters. The summed E-state index contributed by atoms with van der Waals surface area (Å²) in [4.78, 5) is 37.3. The van der Waals surface area contributed by atoms with Gasteiger partial charge in [0.1, 0.15) is 19.0 Å². The predicted molar refractivity (Wildman–Crippen MR) is 157 cm³/mol. The molecule has 0 bridgehead atoms. The molecule has 39 heavy (non-hydrogen) atoms. The van der Waals surface area contributed by atoms with Crippen molar-refractivity contribution in [2.75, 3.05) is 19.8 Å². The van der Waals surface area contributed by atoms with Gasteiger partial charge in [-0.05, 0) is 107 Å². The summed E-state index contributed by atoms with van der Waals surface area (Å²) in [6.45, 7) is 2.68. The third-order valence-corrected chi connectivity index (χ3v) is 7.39. The van der Waals surface area contributed by atoms with Crippen LogP contribution < -0.4 is 14.2 Å². The highest BCUT2D eigenvalue weighted by Crippen LogP contribution is 2.38. The molecule has 1 saturated heterocycles. The Labute approximate surface area is 247 Å². The first-order valence-electron chi connectivity index (χ1n) is 11.7.